The van der Waals surface area contributed by atoms with Gasteiger partial charge in [-0.25, -0.2) is 4.39 Å². The van der Waals surface area contributed by atoms with E-state index in [1.807, 2.05) is 4.90 Å². The Balaban J connectivity index is 2.21. The molecule has 0 aromatic carbocycles. The summed E-state index contributed by atoms with van der Waals surface area (Å²) in [5, 5.41) is 0. The van der Waals surface area contributed by atoms with E-state index in [1.165, 1.54) is 12.8 Å². The van der Waals surface area contributed by atoms with E-state index in [4.69, 9.17) is 6.42 Å². The third-order valence-corrected chi connectivity index (χ3v) is 1.73. The molecular formula is C8H12FN. The Labute approximate surface area is 61.2 Å². The summed E-state index contributed by atoms with van der Waals surface area (Å²) >= 11 is 0. The zero-order valence-corrected chi connectivity index (χ0v) is 6.02. The van der Waals surface area contributed by atoms with Gasteiger partial charge in [0.1, 0.15) is 6.67 Å². The fourth-order valence-corrected chi connectivity index (χ4v) is 1.06. The van der Waals surface area contributed by atoms with Gasteiger partial charge < -0.3 is 0 Å². The van der Waals surface area contributed by atoms with E-state index < -0.39 is 0 Å². The molecule has 1 fully saturated rings. The van der Waals surface area contributed by atoms with Crippen LogP contribution >= 0.6 is 0 Å². The van der Waals surface area contributed by atoms with Crippen molar-refractivity contribution in [3.63, 3.8) is 0 Å². The average molecular weight is 141 g/mol. The van der Waals surface area contributed by atoms with Crippen LogP contribution in [-0.2, 0) is 0 Å². The van der Waals surface area contributed by atoms with Gasteiger partial charge in [0.05, 0.1) is 6.54 Å². The van der Waals surface area contributed by atoms with Gasteiger partial charge in [0.25, 0.3) is 0 Å². The predicted octanol–water partition coefficient (Wildman–Crippen LogP) is 1.05. The second-order valence-corrected chi connectivity index (χ2v) is 2.59. The second kappa shape index (κ2) is 3.58. The van der Waals surface area contributed by atoms with Gasteiger partial charge in [-0.1, -0.05) is 5.92 Å². The van der Waals surface area contributed by atoms with Gasteiger partial charge in [-0.05, 0) is 12.8 Å². The van der Waals surface area contributed by atoms with E-state index in [0.29, 0.717) is 19.1 Å². The standard InChI is InChI=1S/C8H12FN/c1-2-6-10(7-5-9)8-3-4-8/h1,8H,3-7H2. The second-order valence-electron chi connectivity index (χ2n) is 2.59. The van der Waals surface area contributed by atoms with Crippen molar-refractivity contribution in [1.82, 2.24) is 4.90 Å². The molecule has 0 aromatic rings. The van der Waals surface area contributed by atoms with Crippen LogP contribution in [0.15, 0.2) is 0 Å². The molecular weight excluding hydrogens is 129 g/mol. The Morgan fingerprint density at radius 1 is 1.60 bits per heavy atom. The van der Waals surface area contributed by atoms with Gasteiger partial charge in [0.15, 0.2) is 0 Å². The molecule has 10 heavy (non-hydrogen) atoms. The van der Waals surface area contributed by atoms with Gasteiger partial charge >= 0.3 is 0 Å². The van der Waals surface area contributed by atoms with Gasteiger partial charge in [-0.3, -0.25) is 4.90 Å². The molecule has 0 atom stereocenters. The fourth-order valence-electron chi connectivity index (χ4n) is 1.06. The summed E-state index contributed by atoms with van der Waals surface area (Å²) < 4.78 is 11.8. The third-order valence-electron chi connectivity index (χ3n) is 1.73. The van der Waals surface area contributed by atoms with E-state index in [0.717, 1.165) is 0 Å². The summed E-state index contributed by atoms with van der Waals surface area (Å²) in [6.07, 6.45) is 7.50. The van der Waals surface area contributed by atoms with Gasteiger partial charge in [-0.15, -0.1) is 6.42 Å². The molecule has 0 bridgehead atoms. The summed E-state index contributed by atoms with van der Waals surface area (Å²) in [6, 6.07) is 0.590. The number of halogens is 1. The van der Waals surface area contributed by atoms with Crippen LogP contribution in [0.5, 0.6) is 0 Å². The lowest BCUT2D eigenvalue weighted by atomic mass is 10.4. The van der Waals surface area contributed by atoms with Crippen LogP contribution in [0.3, 0.4) is 0 Å². The average Bonchev–Trinajstić information content (AvgIpc) is 2.69. The number of terminal acetylenes is 1. The minimum Gasteiger partial charge on any atom is -0.287 e. The molecule has 1 rings (SSSR count). The van der Waals surface area contributed by atoms with Crippen LogP contribution in [-0.4, -0.2) is 30.7 Å². The highest BCUT2D eigenvalue weighted by Crippen LogP contribution is 2.25. The lowest BCUT2D eigenvalue weighted by Crippen LogP contribution is -2.28. The number of hydrogen-bond acceptors (Lipinski definition) is 1. The minimum absolute atomic E-state index is 0.280. The fraction of sp³-hybridized carbons (Fsp3) is 0.750. The van der Waals surface area contributed by atoms with Crippen LogP contribution in [0, 0.1) is 12.3 Å². The molecule has 1 saturated carbocycles. The first-order valence-electron chi connectivity index (χ1n) is 3.62. The predicted molar refractivity (Wildman–Crippen MR) is 39.4 cm³/mol. The SMILES string of the molecule is C#CCN(CCF)C1CC1. The first kappa shape index (κ1) is 7.56. The number of rotatable bonds is 4. The zero-order chi connectivity index (χ0) is 7.40. The van der Waals surface area contributed by atoms with E-state index in [2.05, 4.69) is 5.92 Å². The molecule has 0 heterocycles. The Morgan fingerprint density at radius 2 is 2.30 bits per heavy atom. The van der Waals surface area contributed by atoms with Crippen molar-refractivity contribution in [3.8, 4) is 12.3 Å². The molecule has 2 heteroatoms. The molecule has 0 aromatic heterocycles. The van der Waals surface area contributed by atoms with Gasteiger partial charge in [0.2, 0.25) is 0 Å². The van der Waals surface area contributed by atoms with E-state index in [-0.39, 0.29) is 6.67 Å². The largest absolute Gasteiger partial charge is 0.287 e. The molecule has 0 spiro atoms. The summed E-state index contributed by atoms with van der Waals surface area (Å²) in [4.78, 5) is 2.03. The topological polar surface area (TPSA) is 3.24 Å². The highest BCUT2D eigenvalue weighted by atomic mass is 19.1. The summed E-state index contributed by atoms with van der Waals surface area (Å²) in [5.41, 5.74) is 0. The zero-order valence-electron chi connectivity index (χ0n) is 6.02. The molecule has 0 radical (unpaired) electrons. The van der Waals surface area contributed by atoms with Crippen LogP contribution < -0.4 is 0 Å². The quantitative estimate of drug-likeness (QED) is 0.529. The molecule has 1 aliphatic carbocycles. The molecule has 0 N–H and O–H groups in total. The monoisotopic (exact) mass is 141 g/mol. The maximum Gasteiger partial charge on any atom is 0.102 e. The van der Waals surface area contributed by atoms with Crippen molar-refractivity contribution in [3.05, 3.63) is 0 Å². The lowest BCUT2D eigenvalue weighted by Gasteiger charge is -2.15. The summed E-state index contributed by atoms with van der Waals surface area (Å²) in [7, 11) is 0. The van der Waals surface area contributed by atoms with Crippen LogP contribution in [0.2, 0.25) is 0 Å². The summed E-state index contributed by atoms with van der Waals surface area (Å²) in [5.74, 6) is 2.53. The Morgan fingerprint density at radius 3 is 2.70 bits per heavy atom. The summed E-state index contributed by atoms with van der Waals surface area (Å²) in [6.45, 7) is 0.835. The number of hydrogen-bond donors (Lipinski definition) is 0. The van der Waals surface area contributed by atoms with Crippen molar-refractivity contribution in [2.24, 2.45) is 0 Å². The Kier molecular flexibility index (Phi) is 2.70. The third kappa shape index (κ3) is 2.00. The molecule has 1 aliphatic rings. The molecule has 56 valence electrons. The first-order valence-corrected chi connectivity index (χ1v) is 3.62. The first-order chi connectivity index (χ1) is 4.88. The maximum absolute atomic E-state index is 11.8. The molecule has 0 amide bonds. The van der Waals surface area contributed by atoms with Crippen molar-refractivity contribution in [1.29, 1.82) is 0 Å². The van der Waals surface area contributed by atoms with Crippen LogP contribution in [0.4, 0.5) is 4.39 Å². The lowest BCUT2D eigenvalue weighted by molar-refractivity contribution is 0.265. The van der Waals surface area contributed by atoms with Crippen molar-refractivity contribution in [2.45, 2.75) is 18.9 Å². The minimum atomic E-state index is -0.280. The van der Waals surface area contributed by atoms with Crippen LogP contribution in [0.1, 0.15) is 12.8 Å². The highest BCUT2D eigenvalue weighted by molar-refractivity contribution is 4.94. The van der Waals surface area contributed by atoms with Crippen molar-refractivity contribution >= 4 is 0 Å². The van der Waals surface area contributed by atoms with Crippen molar-refractivity contribution < 1.29 is 4.39 Å². The van der Waals surface area contributed by atoms with E-state index >= 15 is 0 Å². The van der Waals surface area contributed by atoms with Gasteiger partial charge in [-0.2, -0.15) is 0 Å². The Bertz CT molecular complexity index is 135. The molecule has 0 saturated heterocycles. The van der Waals surface area contributed by atoms with Crippen molar-refractivity contribution in [2.75, 3.05) is 19.8 Å². The van der Waals surface area contributed by atoms with E-state index in [9.17, 15) is 4.39 Å². The van der Waals surface area contributed by atoms with Gasteiger partial charge in [0, 0.05) is 12.6 Å². The number of nitrogens with zero attached hydrogens (tertiary/aromatic N) is 1. The molecule has 1 nitrogen and oxygen atoms in total. The van der Waals surface area contributed by atoms with E-state index in [1.54, 1.807) is 0 Å². The maximum atomic E-state index is 11.8. The van der Waals surface area contributed by atoms with Crippen LogP contribution in [0.25, 0.3) is 0 Å². The Hall–Kier alpha value is -0.550. The highest BCUT2D eigenvalue weighted by Gasteiger charge is 2.27. The molecule has 0 aliphatic heterocycles. The number of alkyl halides is 1. The molecule has 0 unspecified atom stereocenters. The normalized spacial score (nSPS) is 17.3. The smallest absolute Gasteiger partial charge is 0.102 e.